The molecule has 1 spiro atoms. The van der Waals surface area contributed by atoms with Crippen molar-refractivity contribution in [3.63, 3.8) is 0 Å². The Labute approximate surface area is 126 Å². The summed E-state index contributed by atoms with van der Waals surface area (Å²) in [5.41, 5.74) is -1.93. The van der Waals surface area contributed by atoms with Gasteiger partial charge in [-0.3, -0.25) is 0 Å². The summed E-state index contributed by atoms with van der Waals surface area (Å²) >= 11 is 0. The first-order chi connectivity index (χ1) is 9.41. The van der Waals surface area contributed by atoms with E-state index in [2.05, 4.69) is 0 Å². The molecule has 2 heterocycles. The van der Waals surface area contributed by atoms with E-state index in [-0.39, 0.29) is 0 Å². The van der Waals surface area contributed by atoms with Crippen molar-refractivity contribution in [3.8, 4) is 0 Å². The van der Waals surface area contributed by atoms with Crippen LogP contribution >= 0.6 is 7.43 Å². The minimum atomic E-state index is -3.88. The summed E-state index contributed by atoms with van der Waals surface area (Å²) in [5.74, 6) is 0.206. The van der Waals surface area contributed by atoms with Crippen molar-refractivity contribution < 1.29 is 23.1 Å². The van der Waals surface area contributed by atoms with Crippen molar-refractivity contribution in [1.29, 1.82) is 0 Å². The Balaban J connectivity index is 2.66. The quantitative estimate of drug-likeness (QED) is 0.576. The molecular formula is C14H26NO5P. The standard InChI is InChI=1S/C14H26NO5P/c1-10-9-11(12(16)17-8)21(18-10,15(6)7)19-13(2,3)14(4,5)20-21/h9,11H,1-8H3. The third-order valence-corrected chi connectivity index (χ3v) is 9.52. The van der Waals surface area contributed by atoms with Gasteiger partial charge in [0.2, 0.25) is 0 Å². The molecule has 0 aromatic carbocycles. The molecule has 0 amide bonds. The van der Waals surface area contributed by atoms with Gasteiger partial charge in [0.1, 0.15) is 0 Å². The zero-order valence-electron chi connectivity index (χ0n) is 14.1. The van der Waals surface area contributed by atoms with E-state index in [4.69, 9.17) is 18.3 Å². The molecule has 2 aliphatic rings. The molecule has 6 nitrogen and oxygen atoms in total. The van der Waals surface area contributed by atoms with Gasteiger partial charge in [-0.05, 0) is 0 Å². The van der Waals surface area contributed by atoms with Gasteiger partial charge in [-0.25, -0.2) is 0 Å². The third kappa shape index (κ3) is 1.96. The van der Waals surface area contributed by atoms with E-state index in [1.807, 2.05) is 41.8 Å². The summed E-state index contributed by atoms with van der Waals surface area (Å²) in [6.07, 6.45) is 1.74. The molecule has 0 aromatic heterocycles. The van der Waals surface area contributed by atoms with Gasteiger partial charge in [0.05, 0.1) is 0 Å². The molecule has 2 rings (SSSR count). The molecule has 0 radical (unpaired) electrons. The topological polar surface area (TPSA) is 57.2 Å². The predicted octanol–water partition coefficient (Wildman–Crippen LogP) is 2.84. The summed E-state index contributed by atoms with van der Waals surface area (Å²) in [5, 5.41) is 0. The molecule has 21 heavy (non-hydrogen) atoms. The number of hydrogen-bond acceptors (Lipinski definition) is 6. The number of ether oxygens (including phenoxy) is 1. The summed E-state index contributed by atoms with van der Waals surface area (Å²) in [4.78, 5) is 12.4. The average Bonchev–Trinajstić information content (AvgIpc) is 2.69. The summed E-state index contributed by atoms with van der Waals surface area (Å²) < 4.78 is 25.7. The monoisotopic (exact) mass is 319 g/mol. The van der Waals surface area contributed by atoms with Gasteiger partial charge < -0.3 is 0 Å². The number of rotatable bonds is 2. The van der Waals surface area contributed by atoms with E-state index in [0.717, 1.165) is 0 Å². The molecule has 1 fully saturated rings. The van der Waals surface area contributed by atoms with Crippen molar-refractivity contribution in [2.75, 3.05) is 21.2 Å². The number of nitrogens with zero attached hydrogens (tertiary/aromatic N) is 1. The number of hydrogen-bond donors (Lipinski definition) is 0. The molecule has 1 saturated heterocycles. The van der Waals surface area contributed by atoms with Gasteiger partial charge in [-0.1, -0.05) is 0 Å². The van der Waals surface area contributed by atoms with Crippen LogP contribution in [0.15, 0.2) is 11.8 Å². The maximum atomic E-state index is 12.4. The second kappa shape index (κ2) is 4.42. The average molecular weight is 319 g/mol. The van der Waals surface area contributed by atoms with E-state index in [1.165, 1.54) is 7.11 Å². The van der Waals surface area contributed by atoms with Crippen molar-refractivity contribution in [2.24, 2.45) is 0 Å². The summed E-state index contributed by atoms with van der Waals surface area (Å²) in [7, 11) is 1.12. The third-order valence-electron chi connectivity index (χ3n) is 4.58. The Morgan fingerprint density at radius 1 is 1.24 bits per heavy atom. The van der Waals surface area contributed by atoms with Crippen LogP contribution in [0.3, 0.4) is 0 Å². The second-order valence-corrected chi connectivity index (χ2v) is 10.5. The van der Waals surface area contributed by atoms with Gasteiger partial charge in [-0.15, -0.1) is 0 Å². The molecule has 2 aliphatic heterocycles. The molecular weight excluding hydrogens is 293 g/mol. The SMILES string of the molecule is COC(=O)C1C=C(C)OP12(N(C)C)OC(C)(C)C(C)(C)O2. The van der Waals surface area contributed by atoms with Crippen LogP contribution in [0.25, 0.3) is 0 Å². The van der Waals surface area contributed by atoms with Crippen LogP contribution in [0.1, 0.15) is 34.6 Å². The van der Waals surface area contributed by atoms with Gasteiger partial charge in [-0.2, -0.15) is 0 Å². The number of carbonyl (C=O) groups is 1. The fourth-order valence-electron chi connectivity index (χ4n) is 2.79. The van der Waals surface area contributed by atoms with Gasteiger partial charge in [0, 0.05) is 0 Å². The Morgan fingerprint density at radius 2 is 1.71 bits per heavy atom. The van der Waals surface area contributed by atoms with Crippen LogP contribution < -0.4 is 0 Å². The fourth-order valence-corrected chi connectivity index (χ4v) is 7.86. The molecule has 0 aliphatic carbocycles. The van der Waals surface area contributed by atoms with Gasteiger partial charge in [0.15, 0.2) is 0 Å². The number of esters is 1. The second-order valence-electron chi connectivity index (χ2n) is 6.79. The van der Waals surface area contributed by atoms with Crippen molar-refractivity contribution in [3.05, 3.63) is 11.8 Å². The number of methoxy groups -OCH3 is 1. The van der Waals surface area contributed by atoms with Crippen molar-refractivity contribution in [1.82, 2.24) is 4.67 Å². The van der Waals surface area contributed by atoms with E-state index < -0.39 is 30.3 Å². The minimum absolute atomic E-state index is 0.410. The van der Waals surface area contributed by atoms with Crippen LogP contribution in [-0.2, 0) is 23.1 Å². The Hall–Kier alpha value is -0.680. The summed E-state index contributed by atoms with van der Waals surface area (Å²) in [6.45, 7) is 9.59. The van der Waals surface area contributed by atoms with E-state index in [0.29, 0.717) is 5.76 Å². The van der Waals surface area contributed by atoms with Gasteiger partial charge >= 0.3 is 126 Å². The van der Waals surface area contributed by atoms with Crippen LogP contribution in [0, 0.1) is 0 Å². The van der Waals surface area contributed by atoms with Crippen LogP contribution in [-0.4, -0.2) is 48.7 Å². The van der Waals surface area contributed by atoms with Crippen molar-refractivity contribution >= 4 is 13.4 Å². The van der Waals surface area contributed by atoms with Crippen LogP contribution in [0.5, 0.6) is 0 Å². The molecule has 0 N–H and O–H groups in total. The molecule has 7 heteroatoms. The molecule has 0 aromatic rings. The number of allylic oxidation sites excluding steroid dienone is 1. The Bertz CT molecular complexity index is 495. The first kappa shape index (κ1) is 16.7. The first-order valence-corrected chi connectivity index (χ1v) is 9.00. The fraction of sp³-hybridized carbons (Fsp3) is 0.786. The molecule has 1 unspecified atom stereocenters. The summed E-state index contributed by atoms with van der Waals surface area (Å²) in [6, 6.07) is 0. The van der Waals surface area contributed by atoms with Crippen LogP contribution in [0.4, 0.5) is 0 Å². The van der Waals surface area contributed by atoms with E-state index in [9.17, 15) is 4.79 Å². The Morgan fingerprint density at radius 3 is 2.10 bits per heavy atom. The Kier molecular flexibility index (Phi) is 3.51. The maximum absolute atomic E-state index is 12.4. The van der Waals surface area contributed by atoms with Crippen molar-refractivity contribution in [2.45, 2.75) is 51.5 Å². The normalized spacial score (nSPS) is 33.1. The number of carbonyl (C=O) groups excluding carboxylic acids is 1. The zero-order chi connectivity index (χ0) is 16.3. The van der Waals surface area contributed by atoms with Gasteiger partial charge in [0.25, 0.3) is 0 Å². The molecule has 122 valence electrons. The van der Waals surface area contributed by atoms with Crippen LogP contribution in [0.2, 0.25) is 0 Å². The first-order valence-electron chi connectivity index (χ1n) is 6.99. The molecule has 1 atom stereocenters. The zero-order valence-corrected chi connectivity index (χ0v) is 15.0. The molecule has 0 saturated carbocycles. The molecule has 0 bridgehead atoms. The van der Waals surface area contributed by atoms with E-state index in [1.54, 1.807) is 17.7 Å². The predicted molar refractivity (Wildman–Crippen MR) is 81.6 cm³/mol. The van der Waals surface area contributed by atoms with E-state index >= 15 is 0 Å².